The SMILES string of the molecule is Cn1c(-c2ccc(Cl)cc2Cl)nnc1C(C)(C)Oc1c(F)cc(F)cc1F. The van der Waals surface area contributed by atoms with Gasteiger partial charge in [0.1, 0.15) is 5.82 Å². The summed E-state index contributed by atoms with van der Waals surface area (Å²) >= 11 is 12.1. The fourth-order valence-corrected chi connectivity index (χ4v) is 3.18. The summed E-state index contributed by atoms with van der Waals surface area (Å²) in [6.07, 6.45) is 0. The minimum atomic E-state index is -1.28. The molecule has 0 fully saturated rings. The van der Waals surface area contributed by atoms with Gasteiger partial charge in [-0.05, 0) is 32.0 Å². The van der Waals surface area contributed by atoms with E-state index in [-0.39, 0.29) is 5.82 Å². The Morgan fingerprint density at radius 1 is 1.00 bits per heavy atom. The van der Waals surface area contributed by atoms with E-state index in [1.807, 2.05) is 0 Å². The van der Waals surface area contributed by atoms with Crippen LogP contribution in [-0.4, -0.2) is 14.8 Å². The Morgan fingerprint density at radius 2 is 1.63 bits per heavy atom. The Morgan fingerprint density at radius 3 is 2.22 bits per heavy atom. The standard InChI is InChI=1S/C18H14Cl2F3N3O/c1-18(2,27-15-13(22)7-10(21)8-14(15)23)17-25-24-16(26(17)3)11-5-4-9(19)6-12(11)20/h4-8H,1-3H3. The van der Waals surface area contributed by atoms with E-state index in [1.54, 1.807) is 43.7 Å². The molecule has 0 unspecified atom stereocenters. The molecule has 0 bridgehead atoms. The van der Waals surface area contributed by atoms with Crippen LogP contribution in [0.4, 0.5) is 13.2 Å². The lowest BCUT2D eigenvalue weighted by atomic mass is 10.1. The van der Waals surface area contributed by atoms with Crippen LogP contribution in [0.15, 0.2) is 30.3 Å². The van der Waals surface area contributed by atoms with E-state index in [0.29, 0.717) is 33.6 Å². The third kappa shape index (κ3) is 3.75. The third-order valence-electron chi connectivity index (χ3n) is 3.91. The molecule has 1 aromatic heterocycles. The lowest BCUT2D eigenvalue weighted by Gasteiger charge is -2.26. The topological polar surface area (TPSA) is 39.9 Å². The molecule has 0 aliphatic carbocycles. The molecule has 0 aliphatic heterocycles. The molecule has 27 heavy (non-hydrogen) atoms. The second-order valence-corrected chi connectivity index (χ2v) is 7.18. The van der Waals surface area contributed by atoms with E-state index in [4.69, 9.17) is 27.9 Å². The number of rotatable bonds is 4. The average Bonchev–Trinajstić information content (AvgIpc) is 2.93. The van der Waals surface area contributed by atoms with Crippen molar-refractivity contribution in [3.8, 4) is 17.1 Å². The molecule has 0 saturated carbocycles. The molecule has 9 heteroatoms. The molecule has 4 nitrogen and oxygen atoms in total. The minimum absolute atomic E-state index is 0.284. The Hall–Kier alpha value is -2.25. The molecule has 0 aliphatic rings. The summed E-state index contributed by atoms with van der Waals surface area (Å²) < 4.78 is 48.1. The summed E-state index contributed by atoms with van der Waals surface area (Å²) in [7, 11) is 1.66. The van der Waals surface area contributed by atoms with Gasteiger partial charge >= 0.3 is 0 Å². The molecule has 0 saturated heterocycles. The number of aromatic nitrogens is 3. The molecule has 3 aromatic rings. The molecular weight excluding hydrogens is 402 g/mol. The van der Waals surface area contributed by atoms with Gasteiger partial charge in [0.2, 0.25) is 0 Å². The van der Waals surface area contributed by atoms with Crippen molar-refractivity contribution in [3.63, 3.8) is 0 Å². The largest absolute Gasteiger partial charge is 0.474 e. The summed E-state index contributed by atoms with van der Waals surface area (Å²) in [5.41, 5.74) is -0.699. The first kappa shape index (κ1) is 19.5. The second-order valence-electron chi connectivity index (χ2n) is 6.34. The molecule has 3 rings (SSSR count). The van der Waals surface area contributed by atoms with Gasteiger partial charge in [0, 0.05) is 29.8 Å². The van der Waals surface area contributed by atoms with Gasteiger partial charge in [-0.3, -0.25) is 0 Å². The minimum Gasteiger partial charge on any atom is -0.474 e. The van der Waals surface area contributed by atoms with Crippen molar-refractivity contribution >= 4 is 23.2 Å². The number of hydrogen-bond acceptors (Lipinski definition) is 3. The normalized spacial score (nSPS) is 11.7. The van der Waals surface area contributed by atoms with Crippen LogP contribution in [-0.2, 0) is 12.6 Å². The van der Waals surface area contributed by atoms with Crippen LogP contribution in [0.3, 0.4) is 0 Å². The number of hydrogen-bond donors (Lipinski definition) is 0. The smallest absolute Gasteiger partial charge is 0.192 e. The fourth-order valence-electron chi connectivity index (χ4n) is 2.69. The van der Waals surface area contributed by atoms with E-state index >= 15 is 0 Å². The van der Waals surface area contributed by atoms with Crippen LogP contribution >= 0.6 is 23.2 Å². The summed E-state index contributed by atoms with van der Waals surface area (Å²) in [5, 5.41) is 9.02. The van der Waals surface area contributed by atoms with Crippen LogP contribution in [0, 0.1) is 17.5 Å². The monoisotopic (exact) mass is 415 g/mol. The first-order valence-corrected chi connectivity index (χ1v) is 8.54. The van der Waals surface area contributed by atoms with Gasteiger partial charge in [0.25, 0.3) is 0 Å². The third-order valence-corrected chi connectivity index (χ3v) is 4.45. The fraction of sp³-hybridized carbons (Fsp3) is 0.222. The van der Waals surface area contributed by atoms with Gasteiger partial charge < -0.3 is 9.30 Å². The van der Waals surface area contributed by atoms with Crippen molar-refractivity contribution in [2.75, 3.05) is 0 Å². The van der Waals surface area contributed by atoms with Crippen LogP contribution in [0.2, 0.25) is 10.0 Å². The average molecular weight is 416 g/mol. The maximum atomic E-state index is 13.9. The zero-order valence-electron chi connectivity index (χ0n) is 14.5. The van der Waals surface area contributed by atoms with Gasteiger partial charge in [-0.25, -0.2) is 13.2 Å². The van der Waals surface area contributed by atoms with Crippen LogP contribution in [0.1, 0.15) is 19.7 Å². The van der Waals surface area contributed by atoms with Crippen molar-refractivity contribution in [1.29, 1.82) is 0 Å². The summed E-state index contributed by atoms with van der Waals surface area (Å²) in [4.78, 5) is 0. The molecule has 0 N–H and O–H groups in total. The summed E-state index contributed by atoms with van der Waals surface area (Å²) in [6.45, 7) is 3.12. The molecule has 0 radical (unpaired) electrons. The molecule has 0 atom stereocenters. The Labute approximate surface area is 163 Å². The first-order chi connectivity index (χ1) is 12.6. The van der Waals surface area contributed by atoms with Crippen LogP contribution in [0.5, 0.6) is 5.75 Å². The Bertz CT molecular complexity index is 998. The highest BCUT2D eigenvalue weighted by atomic mass is 35.5. The van der Waals surface area contributed by atoms with Gasteiger partial charge in [-0.1, -0.05) is 23.2 Å². The number of ether oxygens (including phenoxy) is 1. The molecule has 1 heterocycles. The van der Waals surface area contributed by atoms with E-state index in [0.717, 1.165) is 0 Å². The lowest BCUT2D eigenvalue weighted by molar-refractivity contribution is 0.0833. The predicted molar refractivity (Wildman–Crippen MR) is 96.4 cm³/mol. The first-order valence-electron chi connectivity index (χ1n) is 7.79. The van der Waals surface area contributed by atoms with Crippen molar-refractivity contribution in [3.05, 3.63) is 63.7 Å². The zero-order valence-corrected chi connectivity index (χ0v) is 16.0. The van der Waals surface area contributed by atoms with E-state index in [9.17, 15) is 13.2 Å². The highest BCUT2D eigenvalue weighted by Crippen LogP contribution is 2.34. The van der Waals surface area contributed by atoms with E-state index < -0.39 is 28.8 Å². The van der Waals surface area contributed by atoms with Gasteiger partial charge in [-0.2, -0.15) is 0 Å². The predicted octanol–water partition coefficient (Wildman–Crippen LogP) is 5.52. The Balaban J connectivity index is 2.00. The van der Waals surface area contributed by atoms with E-state index in [2.05, 4.69) is 10.2 Å². The maximum absolute atomic E-state index is 13.9. The Kier molecular flexibility index (Phi) is 5.10. The van der Waals surface area contributed by atoms with Crippen molar-refractivity contribution in [2.24, 2.45) is 7.05 Å². The second kappa shape index (κ2) is 7.05. The highest BCUT2D eigenvalue weighted by Gasteiger charge is 2.32. The van der Waals surface area contributed by atoms with E-state index in [1.165, 1.54) is 0 Å². The quantitative estimate of drug-likeness (QED) is 0.562. The van der Waals surface area contributed by atoms with Gasteiger partial charge in [0.15, 0.2) is 34.6 Å². The molecule has 142 valence electrons. The van der Waals surface area contributed by atoms with Crippen molar-refractivity contribution in [1.82, 2.24) is 14.8 Å². The highest BCUT2D eigenvalue weighted by molar-refractivity contribution is 6.36. The van der Waals surface area contributed by atoms with Gasteiger partial charge in [0.05, 0.1) is 5.02 Å². The van der Waals surface area contributed by atoms with Crippen LogP contribution in [0.25, 0.3) is 11.4 Å². The van der Waals surface area contributed by atoms with Gasteiger partial charge in [-0.15, -0.1) is 10.2 Å². The zero-order chi connectivity index (χ0) is 19.9. The van der Waals surface area contributed by atoms with Crippen LogP contribution < -0.4 is 4.74 Å². The van der Waals surface area contributed by atoms with Crippen molar-refractivity contribution < 1.29 is 17.9 Å². The van der Waals surface area contributed by atoms with Crippen molar-refractivity contribution in [2.45, 2.75) is 19.4 Å². The number of benzene rings is 2. The summed E-state index contributed by atoms with van der Waals surface area (Å²) in [6, 6.07) is 6.00. The molecular formula is C18H14Cl2F3N3O. The maximum Gasteiger partial charge on any atom is 0.192 e. The number of halogens is 5. The summed E-state index contributed by atoms with van der Waals surface area (Å²) in [5.74, 6) is -3.33. The molecule has 2 aromatic carbocycles. The molecule has 0 spiro atoms. The lowest BCUT2D eigenvalue weighted by Crippen LogP contribution is -2.30. The number of nitrogens with zero attached hydrogens (tertiary/aromatic N) is 3. The molecule has 0 amide bonds.